The predicted octanol–water partition coefficient (Wildman–Crippen LogP) is 1.40. The van der Waals surface area contributed by atoms with Gasteiger partial charge in [-0.05, 0) is 32.8 Å². The highest BCUT2D eigenvalue weighted by Crippen LogP contribution is 2.23. The number of rotatable bonds is 4. The molecule has 4 heteroatoms. The van der Waals surface area contributed by atoms with Gasteiger partial charge < -0.3 is 14.6 Å². The summed E-state index contributed by atoms with van der Waals surface area (Å²) in [4.78, 5) is 11.5. The minimum atomic E-state index is -0.0283. The second kappa shape index (κ2) is 5.67. The lowest BCUT2D eigenvalue weighted by Gasteiger charge is -2.36. The van der Waals surface area contributed by atoms with Gasteiger partial charge in [0.15, 0.2) is 0 Å². The number of aromatic nitrogens is 1. The van der Waals surface area contributed by atoms with Crippen LogP contribution in [0, 0.1) is 0 Å². The molecule has 1 saturated heterocycles. The van der Waals surface area contributed by atoms with Crippen LogP contribution >= 0.6 is 0 Å². The molecule has 0 amide bonds. The van der Waals surface area contributed by atoms with Gasteiger partial charge in [-0.25, -0.2) is 0 Å². The van der Waals surface area contributed by atoms with Crippen molar-refractivity contribution in [3.8, 4) is 0 Å². The molecule has 2 rings (SSSR count). The lowest BCUT2D eigenvalue weighted by Crippen LogP contribution is -2.44. The van der Waals surface area contributed by atoms with Gasteiger partial charge in [0.25, 0.3) is 5.56 Å². The molecule has 2 heterocycles. The molecule has 0 spiro atoms. The van der Waals surface area contributed by atoms with Gasteiger partial charge in [0.1, 0.15) is 0 Å². The van der Waals surface area contributed by atoms with E-state index in [2.05, 4.69) is 19.2 Å². The van der Waals surface area contributed by atoms with Crippen molar-refractivity contribution >= 4 is 0 Å². The van der Waals surface area contributed by atoms with Gasteiger partial charge in [-0.2, -0.15) is 0 Å². The van der Waals surface area contributed by atoms with Gasteiger partial charge in [-0.3, -0.25) is 4.79 Å². The minimum absolute atomic E-state index is 0.0283. The van der Waals surface area contributed by atoms with Crippen molar-refractivity contribution in [3.05, 3.63) is 34.7 Å². The Hall–Kier alpha value is -1.13. The summed E-state index contributed by atoms with van der Waals surface area (Å²) in [5.41, 5.74) is 0.0334. The lowest BCUT2D eigenvalue weighted by molar-refractivity contribution is -0.0628. The van der Waals surface area contributed by atoms with E-state index in [1.165, 1.54) is 0 Å². The van der Waals surface area contributed by atoms with Gasteiger partial charge >= 0.3 is 0 Å². The zero-order valence-corrected chi connectivity index (χ0v) is 11.2. The molecule has 18 heavy (non-hydrogen) atoms. The van der Waals surface area contributed by atoms with E-state index in [0.29, 0.717) is 6.04 Å². The molecule has 0 bridgehead atoms. The van der Waals surface area contributed by atoms with E-state index in [-0.39, 0.29) is 11.2 Å². The van der Waals surface area contributed by atoms with Crippen LogP contribution in [0.1, 0.15) is 26.7 Å². The van der Waals surface area contributed by atoms with Crippen molar-refractivity contribution < 1.29 is 4.74 Å². The second-order valence-corrected chi connectivity index (χ2v) is 5.48. The molecule has 1 aliphatic heterocycles. The Bertz CT molecular complexity index is 439. The number of pyridine rings is 1. The van der Waals surface area contributed by atoms with Gasteiger partial charge in [-0.15, -0.1) is 0 Å². The van der Waals surface area contributed by atoms with Crippen LogP contribution in [0.5, 0.6) is 0 Å². The standard InChI is InChI=1S/C14H22N2O2/c1-14(2)11-12(6-10-18-14)15-7-9-16-8-4-3-5-13(16)17/h3-5,8,12,15H,6-7,9-11H2,1-2H3. The first kappa shape index (κ1) is 13.3. The predicted molar refractivity (Wildman–Crippen MR) is 71.8 cm³/mol. The zero-order valence-electron chi connectivity index (χ0n) is 11.2. The summed E-state index contributed by atoms with van der Waals surface area (Å²) in [7, 11) is 0. The van der Waals surface area contributed by atoms with Gasteiger partial charge in [0, 0.05) is 38.0 Å². The summed E-state index contributed by atoms with van der Waals surface area (Å²) in [5, 5.41) is 3.51. The number of hydrogen-bond donors (Lipinski definition) is 1. The molecule has 1 aromatic rings. The Morgan fingerprint density at radius 2 is 2.33 bits per heavy atom. The molecular formula is C14H22N2O2. The Balaban J connectivity index is 1.79. The van der Waals surface area contributed by atoms with Crippen LogP contribution in [-0.4, -0.2) is 29.4 Å². The van der Waals surface area contributed by atoms with E-state index in [1.54, 1.807) is 16.7 Å². The summed E-state index contributed by atoms with van der Waals surface area (Å²) in [6.07, 6.45) is 3.90. The Labute approximate surface area is 108 Å². The summed E-state index contributed by atoms with van der Waals surface area (Å²) in [6, 6.07) is 5.75. The van der Waals surface area contributed by atoms with Crippen molar-refractivity contribution in [1.29, 1.82) is 0 Å². The fourth-order valence-corrected chi connectivity index (χ4v) is 2.44. The van der Waals surface area contributed by atoms with E-state index < -0.39 is 0 Å². The number of nitrogens with one attached hydrogen (secondary N) is 1. The molecule has 1 atom stereocenters. The van der Waals surface area contributed by atoms with Crippen LogP contribution in [-0.2, 0) is 11.3 Å². The van der Waals surface area contributed by atoms with Crippen molar-refractivity contribution in [2.45, 2.75) is 44.9 Å². The molecule has 1 aromatic heterocycles. The first-order valence-electron chi connectivity index (χ1n) is 6.60. The Morgan fingerprint density at radius 3 is 3.06 bits per heavy atom. The highest BCUT2D eigenvalue weighted by atomic mass is 16.5. The molecule has 4 nitrogen and oxygen atoms in total. The molecule has 0 aliphatic carbocycles. The number of ether oxygens (including phenoxy) is 1. The van der Waals surface area contributed by atoms with Crippen LogP contribution in [0.4, 0.5) is 0 Å². The van der Waals surface area contributed by atoms with Crippen molar-refractivity contribution in [3.63, 3.8) is 0 Å². The fourth-order valence-electron chi connectivity index (χ4n) is 2.44. The van der Waals surface area contributed by atoms with Crippen LogP contribution in [0.25, 0.3) is 0 Å². The van der Waals surface area contributed by atoms with Crippen molar-refractivity contribution in [1.82, 2.24) is 9.88 Å². The monoisotopic (exact) mass is 250 g/mol. The third-order valence-corrected chi connectivity index (χ3v) is 3.38. The fraction of sp³-hybridized carbons (Fsp3) is 0.643. The summed E-state index contributed by atoms with van der Waals surface area (Å²) in [6.45, 7) is 6.61. The summed E-state index contributed by atoms with van der Waals surface area (Å²) >= 11 is 0. The maximum atomic E-state index is 11.5. The Morgan fingerprint density at radius 1 is 1.50 bits per heavy atom. The third-order valence-electron chi connectivity index (χ3n) is 3.38. The number of hydrogen-bond acceptors (Lipinski definition) is 3. The molecular weight excluding hydrogens is 228 g/mol. The van der Waals surface area contributed by atoms with Crippen LogP contribution in [0.3, 0.4) is 0 Å². The van der Waals surface area contributed by atoms with Crippen LogP contribution < -0.4 is 10.9 Å². The molecule has 0 aromatic carbocycles. The van der Waals surface area contributed by atoms with E-state index in [4.69, 9.17) is 4.74 Å². The maximum Gasteiger partial charge on any atom is 0.250 e. The third kappa shape index (κ3) is 3.68. The average Bonchev–Trinajstić information content (AvgIpc) is 2.30. The van der Waals surface area contributed by atoms with Gasteiger partial charge in [-0.1, -0.05) is 6.07 Å². The normalized spacial score (nSPS) is 22.9. The van der Waals surface area contributed by atoms with Gasteiger partial charge in [0.2, 0.25) is 0 Å². The summed E-state index contributed by atoms with van der Waals surface area (Å²) in [5.74, 6) is 0. The molecule has 1 unspecified atom stereocenters. The average molecular weight is 250 g/mol. The van der Waals surface area contributed by atoms with Crippen LogP contribution in [0.15, 0.2) is 29.2 Å². The van der Waals surface area contributed by atoms with Crippen molar-refractivity contribution in [2.75, 3.05) is 13.2 Å². The highest BCUT2D eigenvalue weighted by Gasteiger charge is 2.28. The minimum Gasteiger partial charge on any atom is -0.375 e. The topological polar surface area (TPSA) is 43.3 Å². The SMILES string of the molecule is CC1(C)CC(NCCn2ccccc2=O)CCO1. The molecule has 100 valence electrons. The highest BCUT2D eigenvalue weighted by molar-refractivity contribution is 4.93. The quantitative estimate of drug-likeness (QED) is 0.878. The largest absolute Gasteiger partial charge is 0.375 e. The smallest absolute Gasteiger partial charge is 0.250 e. The first-order chi connectivity index (χ1) is 8.57. The van der Waals surface area contributed by atoms with E-state index in [9.17, 15) is 4.79 Å². The molecule has 0 saturated carbocycles. The van der Waals surface area contributed by atoms with E-state index >= 15 is 0 Å². The summed E-state index contributed by atoms with van der Waals surface area (Å²) < 4.78 is 7.42. The molecule has 1 fully saturated rings. The lowest BCUT2D eigenvalue weighted by atomic mass is 9.94. The second-order valence-electron chi connectivity index (χ2n) is 5.48. The number of nitrogens with zero attached hydrogens (tertiary/aromatic N) is 1. The molecule has 0 radical (unpaired) electrons. The molecule has 1 aliphatic rings. The Kier molecular flexibility index (Phi) is 4.19. The van der Waals surface area contributed by atoms with Crippen molar-refractivity contribution in [2.24, 2.45) is 0 Å². The van der Waals surface area contributed by atoms with E-state index in [1.807, 2.05) is 12.3 Å². The maximum absolute atomic E-state index is 11.5. The van der Waals surface area contributed by atoms with Gasteiger partial charge in [0.05, 0.1) is 5.60 Å². The van der Waals surface area contributed by atoms with E-state index in [0.717, 1.165) is 32.5 Å². The van der Waals surface area contributed by atoms with Crippen LogP contribution in [0.2, 0.25) is 0 Å². The zero-order chi connectivity index (χ0) is 13.0. The first-order valence-corrected chi connectivity index (χ1v) is 6.60. The molecule has 1 N–H and O–H groups in total.